The number of rotatable bonds is 3. The summed E-state index contributed by atoms with van der Waals surface area (Å²) in [6.07, 6.45) is 3.51. The Hall–Kier alpha value is -0.670. The molecule has 0 saturated carbocycles. The zero-order valence-electron chi connectivity index (χ0n) is 9.28. The topological polar surface area (TPSA) is 30.2 Å². The summed E-state index contributed by atoms with van der Waals surface area (Å²) in [6.45, 7) is 0.649. The van der Waals surface area contributed by atoms with E-state index in [0.29, 0.717) is 12.2 Å². The first-order valence-corrected chi connectivity index (χ1v) is 9.72. The molecule has 0 bridgehead atoms. The van der Waals surface area contributed by atoms with Gasteiger partial charge in [-0.1, -0.05) is 30.3 Å². The molecule has 1 aromatic heterocycles. The number of aromatic nitrogens is 2. The van der Waals surface area contributed by atoms with Crippen molar-refractivity contribution in [1.29, 1.82) is 0 Å². The van der Waals surface area contributed by atoms with Crippen LogP contribution in [0.25, 0.3) is 0 Å². The molecule has 0 aliphatic rings. The monoisotopic (exact) mass is 317 g/mol. The highest BCUT2D eigenvalue weighted by molar-refractivity contribution is 8.38. The van der Waals surface area contributed by atoms with Crippen LogP contribution in [0.4, 0.5) is 0 Å². The van der Waals surface area contributed by atoms with E-state index in [-0.39, 0.29) is 0 Å². The average Bonchev–Trinajstić information content (AvgIpc) is 2.31. The van der Waals surface area contributed by atoms with E-state index in [1.807, 2.05) is 47.2 Å². The normalized spacial score (nSPS) is 12.7. The largest absolute Gasteiger partial charge is 0.313 e. The van der Waals surface area contributed by atoms with Gasteiger partial charge in [0, 0.05) is 12.4 Å². The summed E-state index contributed by atoms with van der Waals surface area (Å²) in [6, 6.07) is 11.8. The Kier molecular flexibility index (Phi) is 4.57. The number of nitrogens with zero attached hydrogens (tertiary/aromatic N) is 3. The molecule has 7 heteroatoms. The van der Waals surface area contributed by atoms with Gasteiger partial charge in [-0.05, 0) is 45.9 Å². The van der Waals surface area contributed by atoms with Crippen LogP contribution >= 0.6 is 27.4 Å². The molecule has 0 N–H and O–H groups in total. The SMILES string of the molecule is S=P(Cl)(Cl)/N=c1\ncccn1Cc1ccccc1. The molecule has 0 radical (unpaired) electrons. The molecule has 0 fully saturated rings. The van der Waals surface area contributed by atoms with Crippen molar-refractivity contribution in [3.8, 4) is 0 Å². The summed E-state index contributed by atoms with van der Waals surface area (Å²) < 4.78 is 5.96. The first-order chi connectivity index (χ1) is 8.54. The maximum absolute atomic E-state index is 5.81. The molecule has 18 heavy (non-hydrogen) atoms. The fourth-order valence-corrected chi connectivity index (χ4v) is 2.48. The van der Waals surface area contributed by atoms with Crippen molar-refractivity contribution in [2.75, 3.05) is 0 Å². The minimum Gasteiger partial charge on any atom is -0.313 e. The van der Waals surface area contributed by atoms with Crippen molar-refractivity contribution in [1.82, 2.24) is 9.55 Å². The molecular weight excluding hydrogens is 308 g/mol. The minimum absolute atomic E-state index is 0.453. The fraction of sp³-hybridized carbons (Fsp3) is 0.0909. The highest BCUT2D eigenvalue weighted by atomic mass is 35.9. The fourth-order valence-electron chi connectivity index (χ4n) is 1.48. The van der Waals surface area contributed by atoms with Crippen LogP contribution in [0, 0.1) is 0 Å². The van der Waals surface area contributed by atoms with Crippen LogP contribution in [0.2, 0.25) is 0 Å². The lowest BCUT2D eigenvalue weighted by molar-refractivity contribution is 0.713. The van der Waals surface area contributed by atoms with Crippen LogP contribution < -0.4 is 5.62 Å². The molecule has 0 aliphatic heterocycles. The van der Waals surface area contributed by atoms with Crippen LogP contribution in [-0.2, 0) is 18.4 Å². The van der Waals surface area contributed by atoms with Crippen molar-refractivity contribution in [2.24, 2.45) is 4.76 Å². The van der Waals surface area contributed by atoms with Crippen LogP contribution in [0.3, 0.4) is 0 Å². The molecular formula is C11H10Cl2N3PS. The molecule has 1 heterocycles. The Morgan fingerprint density at radius 1 is 1.22 bits per heavy atom. The quantitative estimate of drug-likeness (QED) is 0.811. The zero-order chi connectivity index (χ0) is 13.0. The Labute approximate surface area is 120 Å². The van der Waals surface area contributed by atoms with E-state index in [0.717, 1.165) is 5.56 Å². The predicted molar refractivity (Wildman–Crippen MR) is 79.3 cm³/mol. The number of hydrogen-bond acceptors (Lipinski definition) is 2. The second-order valence-electron chi connectivity index (χ2n) is 3.57. The molecule has 0 unspecified atom stereocenters. The van der Waals surface area contributed by atoms with E-state index >= 15 is 0 Å². The Morgan fingerprint density at radius 3 is 2.61 bits per heavy atom. The van der Waals surface area contributed by atoms with E-state index in [2.05, 4.69) is 9.75 Å². The molecule has 2 rings (SSSR count). The molecule has 0 aliphatic carbocycles. The van der Waals surface area contributed by atoms with Gasteiger partial charge in [0.1, 0.15) is 0 Å². The molecule has 0 amide bonds. The van der Waals surface area contributed by atoms with Crippen LogP contribution in [0.5, 0.6) is 0 Å². The Balaban J connectivity index is 2.41. The van der Waals surface area contributed by atoms with Crippen molar-refractivity contribution < 1.29 is 0 Å². The van der Waals surface area contributed by atoms with Crippen LogP contribution in [0.1, 0.15) is 5.56 Å². The Morgan fingerprint density at radius 2 is 1.94 bits per heavy atom. The number of halogens is 2. The Bertz CT molecular complexity index is 636. The third-order valence-corrected chi connectivity index (χ3v) is 3.31. The van der Waals surface area contributed by atoms with Gasteiger partial charge in [-0.15, -0.1) is 0 Å². The summed E-state index contributed by atoms with van der Waals surface area (Å²) in [5.41, 5.74) is 1.60. The van der Waals surface area contributed by atoms with E-state index in [1.165, 1.54) is 0 Å². The molecule has 0 spiro atoms. The van der Waals surface area contributed by atoms with Gasteiger partial charge < -0.3 is 4.57 Å². The lowest BCUT2D eigenvalue weighted by Gasteiger charge is -2.07. The second-order valence-corrected chi connectivity index (χ2v) is 10.9. The number of hydrogen-bond donors (Lipinski definition) is 0. The van der Waals surface area contributed by atoms with Crippen molar-refractivity contribution >= 4 is 39.2 Å². The lowest BCUT2D eigenvalue weighted by atomic mass is 10.2. The van der Waals surface area contributed by atoms with Gasteiger partial charge in [-0.3, -0.25) is 0 Å². The van der Waals surface area contributed by atoms with Gasteiger partial charge in [0.15, 0.2) is 0 Å². The highest BCUT2D eigenvalue weighted by Crippen LogP contribution is 2.57. The molecule has 1 aromatic carbocycles. The molecule has 2 aromatic rings. The smallest absolute Gasteiger partial charge is 0.231 e. The first-order valence-electron chi connectivity index (χ1n) is 5.15. The standard InChI is InChI=1S/C11H10Cl2N3PS/c12-17(13,18)15-11-14-7-4-8-16(11)9-10-5-2-1-3-6-10/h1-8H,9H2/b15-11+. The van der Waals surface area contributed by atoms with Crippen LogP contribution in [0.15, 0.2) is 53.6 Å². The maximum Gasteiger partial charge on any atom is 0.231 e. The second kappa shape index (κ2) is 5.98. The van der Waals surface area contributed by atoms with Gasteiger partial charge in [0.2, 0.25) is 10.5 Å². The summed E-state index contributed by atoms with van der Waals surface area (Å²) in [5, 5.41) is 0. The maximum atomic E-state index is 5.81. The summed E-state index contributed by atoms with van der Waals surface area (Å²) in [7, 11) is 0. The summed E-state index contributed by atoms with van der Waals surface area (Å²) in [5.74, 6) is 0. The van der Waals surface area contributed by atoms with Gasteiger partial charge in [0.25, 0.3) is 0 Å². The van der Waals surface area contributed by atoms with Gasteiger partial charge in [-0.25, -0.2) is 4.98 Å². The van der Waals surface area contributed by atoms with Crippen LogP contribution in [-0.4, -0.2) is 9.55 Å². The summed E-state index contributed by atoms with van der Waals surface area (Å²) in [4.78, 5) is 1.45. The summed E-state index contributed by atoms with van der Waals surface area (Å²) >= 11 is 16.5. The first kappa shape index (κ1) is 13.8. The predicted octanol–water partition coefficient (Wildman–Crippen LogP) is 3.53. The third kappa shape index (κ3) is 4.21. The minimum atomic E-state index is -2.70. The van der Waals surface area contributed by atoms with Crippen molar-refractivity contribution in [3.05, 3.63) is 60.0 Å². The average molecular weight is 318 g/mol. The molecule has 3 nitrogen and oxygen atoms in total. The van der Waals surface area contributed by atoms with E-state index < -0.39 is 4.89 Å². The van der Waals surface area contributed by atoms with Gasteiger partial charge in [0.05, 0.1) is 6.54 Å². The third-order valence-electron chi connectivity index (χ3n) is 2.20. The lowest BCUT2D eigenvalue weighted by Crippen LogP contribution is -2.23. The van der Waals surface area contributed by atoms with Crippen molar-refractivity contribution in [3.63, 3.8) is 0 Å². The van der Waals surface area contributed by atoms with E-state index in [1.54, 1.807) is 6.20 Å². The molecule has 0 atom stereocenters. The highest BCUT2D eigenvalue weighted by Gasteiger charge is 2.05. The van der Waals surface area contributed by atoms with E-state index in [4.69, 9.17) is 34.3 Å². The zero-order valence-corrected chi connectivity index (χ0v) is 12.5. The number of benzene rings is 1. The van der Waals surface area contributed by atoms with Crippen molar-refractivity contribution in [2.45, 2.75) is 6.54 Å². The molecule has 94 valence electrons. The van der Waals surface area contributed by atoms with E-state index in [9.17, 15) is 0 Å². The van der Waals surface area contributed by atoms with Gasteiger partial charge in [-0.2, -0.15) is 4.76 Å². The molecule has 0 saturated heterocycles. The van der Waals surface area contributed by atoms with Gasteiger partial charge >= 0.3 is 0 Å².